The van der Waals surface area contributed by atoms with Gasteiger partial charge in [-0.05, 0) is 44.9 Å². The van der Waals surface area contributed by atoms with Gasteiger partial charge in [0.15, 0.2) is 0 Å². The van der Waals surface area contributed by atoms with E-state index in [0.29, 0.717) is 18.5 Å². The van der Waals surface area contributed by atoms with Crippen LogP contribution in [0.3, 0.4) is 0 Å². The molecule has 0 saturated carbocycles. The highest BCUT2D eigenvalue weighted by Gasteiger charge is 2.25. The van der Waals surface area contributed by atoms with Crippen molar-refractivity contribution < 1.29 is 0 Å². The van der Waals surface area contributed by atoms with Gasteiger partial charge in [0.1, 0.15) is 5.82 Å². The third kappa shape index (κ3) is 2.34. The van der Waals surface area contributed by atoms with Crippen LogP contribution in [0.5, 0.6) is 0 Å². The van der Waals surface area contributed by atoms with E-state index in [4.69, 9.17) is 10.7 Å². The molecule has 2 N–H and O–H groups in total. The maximum atomic E-state index is 5.82. The molecule has 1 saturated heterocycles. The van der Waals surface area contributed by atoms with Crippen LogP contribution in [0.2, 0.25) is 0 Å². The van der Waals surface area contributed by atoms with Gasteiger partial charge in [0.05, 0.1) is 11.7 Å². The quantitative estimate of drug-likeness (QED) is 0.933. The monoisotopic (exact) mass is 272 g/mol. The molecule has 20 heavy (non-hydrogen) atoms. The molecule has 1 aliphatic heterocycles. The Balaban J connectivity index is 1.94. The molecule has 1 unspecified atom stereocenters. The summed E-state index contributed by atoms with van der Waals surface area (Å²) in [5.41, 5.74) is 8.14. The SMILES string of the molecule is CC(C)N1CCCC(c2ncc3c(CN)cccn23)C1. The van der Waals surface area contributed by atoms with Gasteiger partial charge in [-0.25, -0.2) is 4.98 Å². The van der Waals surface area contributed by atoms with E-state index in [-0.39, 0.29) is 0 Å². The van der Waals surface area contributed by atoms with Crippen molar-refractivity contribution in [3.63, 3.8) is 0 Å². The Kier molecular flexibility index (Phi) is 3.76. The van der Waals surface area contributed by atoms with Crippen LogP contribution in [0.15, 0.2) is 24.5 Å². The molecule has 0 amide bonds. The van der Waals surface area contributed by atoms with E-state index in [2.05, 4.69) is 41.5 Å². The molecular weight excluding hydrogens is 248 g/mol. The fourth-order valence-corrected chi connectivity index (χ4v) is 3.26. The zero-order valence-corrected chi connectivity index (χ0v) is 12.4. The largest absolute Gasteiger partial charge is 0.326 e. The van der Waals surface area contributed by atoms with Crippen molar-refractivity contribution >= 4 is 5.52 Å². The first-order valence-corrected chi connectivity index (χ1v) is 7.59. The number of imidazole rings is 1. The van der Waals surface area contributed by atoms with Crippen LogP contribution in [0, 0.1) is 0 Å². The third-order valence-corrected chi connectivity index (χ3v) is 4.46. The second kappa shape index (κ2) is 5.54. The number of pyridine rings is 1. The van der Waals surface area contributed by atoms with E-state index in [9.17, 15) is 0 Å². The number of hydrogen-bond donors (Lipinski definition) is 1. The summed E-state index contributed by atoms with van der Waals surface area (Å²) in [5.74, 6) is 1.72. The Bertz CT molecular complexity index is 587. The molecule has 0 aromatic carbocycles. The number of rotatable bonds is 3. The fraction of sp³-hybridized carbons (Fsp3) is 0.562. The van der Waals surface area contributed by atoms with Crippen LogP contribution in [0.1, 0.15) is 44.0 Å². The number of hydrogen-bond acceptors (Lipinski definition) is 3. The summed E-state index contributed by atoms with van der Waals surface area (Å²) in [6.07, 6.45) is 6.58. The first-order chi connectivity index (χ1) is 9.70. The first-order valence-electron chi connectivity index (χ1n) is 7.59. The number of nitrogens with zero attached hydrogens (tertiary/aromatic N) is 3. The predicted molar refractivity (Wildman–Crippen MR) is 81.8 cm³/mol. The molecule has 0 aliphatic carbocycles. The number of piperidine rings is 1. The van der Waals surface area contributed by atoms with Crippen LogP contribution in [-0.4, -0.2) is 33.4 Å². The molecule has 1 atom stereocenters. The summed E-state index contributed by atoms with van der Waals surface area (Å²) in [6.45, 7) is 7.45. The van der Waals surface area contributed by atoms with Crippen molar-refractivity contribution in [3.8, 4) is 0 Å². The summed E-state index contributed by atoms with van der Waals surface area (Å²) < 4.78 is 2.23. The van der Waals surface area contributed by atoms with Gasteiger partial charge >= 0.3 is 0 Å². The first kappa shape index (κ1) is 13.6. The van der Waals surface area contributed by atoms with Crippen LogP contribution in [0.25, 0.3) is 5.52 Å². The average molecular weight is 272 g/mol. The zero-order valence-electron chi connectivity index (χ0n) is 12.4. The second-order valence-corrected chi connectivity index (χ2v) is 6.04. The van der Waals surface area contributed by atoms with E-state index < -0.39 is 0 Å². The van der Waals surface area contributed by atoms with Gasteiger partial charge in [-0.2, -0.15) is 0 Å². The van der Waals surface area contributed by atoms with Crippen LogP contribution in [0.4, 0.5) is 0 Å². The molecule has 1 fully saturated rings. The van der Waals surface area contributed by atoms with E-state index in [1.54, 1.807) is 0 Å². The molecule has 3 heterocycles. The summed E-state index contributed by atoms with van der Waals surface area (Å²) in [4.78, 5) is 7.26. The van der Waals surface area contributed by atoms with Gasteiger partial charge in [-0.3, -0.25) is 0 Å². The minimum absolute atomic E-state index is 0.529. The molecule has 3 rings (SSSR count). The maximum absolute atomic E-state index is 5.82. The molecule has 0 spiro atoms. The number of aromatic nitrogens is 2. The van der Waals surface area contributed by atoms with Crippen molar-refractivity contribution in [1.82, 2.24) is 14.3 Å². The molecule has 2 aromatic heterocycles. The van der Waals surface area contributed by atoms with Crippen molar-refractivity contribution in [1.29, 1.82) is 0 Å². The average Bonchev–Trinajstić information content (AvgIpc) is 2.91. The number of likely N-dealkylation sites (tertiary alicyclic amines) is 1. The molecule has 1 aliphatic rings. The maximum Gasteiger partial charge on any atom is 0.117 e. The Morgan fingerprint density at radius 3 is 3.05 bits per heavy atom. The molecule has 0 bridgehead atoms. The minimum atomic E-state index is 0.529. The van der Waals surface area contributed by atoms with E-state index in [0.717, 1.165) is 12.1 Å². The van der Waals surface area contributed by atoms with Gasteiger partial charge in [-0.15, -0.1) is 0 Å². The van der Waals surface area contributed by atoms with Crippen molar-refractivity contribution in [3.05, 3.63) is 35.9 Å². The Morgan fingerprint density at radius 1 is 1.45 bits per heavy atom. The van der Waals surface area contributed by atoms with Crippen molar-refractivity contribution in [2.24, 2.45) is 5.73 Å². The second-order valence-electron chi connectivity index (χ2n) is 6.04. The Labute approximate surface area is 120 Å². The smallest absolute Gasteiger partial charge is 0.117 e. The highest BCUT2D eigenvalue weighted by molar-refractivity contribution is 5.54. The molecule has 0 radical (unpaired) electrons. The molecule has 4 nitrogen and oxygen atoms in total. The number of fused-ring (bicyclic) bond motifs is 1. The van der Waals surface area contributed by atoms with Crippen molar-refractivity contribution in [2.75, 3.05) is 13.1 Å². The fourth-order valence-electron chi connectivity index (χ4n) is 3.26. The highest BCUT2D eigenvalue weighted by atomic mass is 15.2. The minimum Gasteiger partial charge on any atom is -0.326 e. The lowest BCUT2D eigenvalue weighted by atomic mass is 9.96. The Hall–Kier alpha value is -1.39. The van der Waals surface area contributed by atoms with Gasteiger partial charge in [-0.1, -0.05) is 6.07 Å². The topological polar surface area (TPSA) is 46.6 Å². The lowest BCUT2D eigenvalue weighted by Crippen LogP contribution is -2.39. The van der Waals surface area contributed by atoms with Gasteiger partial charge in [0, 0.05) is 31.2 Å². The number of nitrogens with two attached hydrogens (primary N) is 1. The van der Waals surface area contributed by atoms with E-state index >= 15 is 0 Å². The third-order valence-electron chi connectivity index (χ3n) is 4.46. The molecule has 108 valence electrons. The predicted octanol–water partition coefficient (Wildman–Crippen LogP) is 2.38. The van der Waals surface area contributed by atoms with Gasteiger partial charge in [0.25, 0.3) is 0 Å². The summed E-state index contributed by atoms with van der Waals surface area (Å²) in [7, 11) is 0. The summed E-state index contributed by atoms with van der Waals surface area (Å²) in [6, 6.07) is 4.77. The van der Waals surface area contributed by atoms with E-state index in [1.807, 2.05) is 6.20 Å². The van der Waals surface area contributed by atoms with Crippen LogP contribution < -0.4 is 5.73 Å². The van der Waals surface area contributed by atoms with Crippen LogP contribution in [-0.2, 0) is 6.54 Å². The normalized spacial score (nSPS) is 20.9. The molecular formula is C16H24N4. The van der Waals surface area contributed by atoms with Gasteiger partial charge < -0.3 is 15.0 Å². The lowest BCUT2D eigenvalue weighted by molar-refractivity contribution is 0.164. The zero-order chi connectivity index (χ0) is 14.1. The summed E-state index contributed by atoms with van der Waals surface area (Å²) >= 11 is 0. The van der Waals surface area contributed by atoms with Gasteiger partial charge in [0.2, 0.25) is 0 Å². The van der Waals surface area contributed by atoms with Crippen LogP contribution >= 0.6 is 0 Å². The van der Waals surface area contributed by atoms with E-state index in [1.165, 1.54) is 30.8 Å². The Morgan fingerprint density at radius 2 is 2.30 bits per heavy atom. The molecule has 2 aromatic rings. The highest BCUT2D eigenvalue weighted by Crippen LogP contribution is 2.28. The molecule has 4 heteroatoms. The van der Waals surface area contributed by atoms with Crippen molar-refractivity contribution in [2.45, 2.75) is 45.2 Å². The summed E-state index contributed by atoms with van der Waals surface area (Å²) in [5, 5.41) is 0. The lowest BCUT2D eigenvalue weighted by Gasteiger charge is -2.34. The standard InChI is InChI=1S/C16H24N4/c1-12(2)19-7-3-6-14(11-19)16-18-10-15-13(9-17)5-4-8-20(15)16/h4-5,8,10,12,14H,3,6-7,9,11,17H2,1-2H3.